The quantitative estimate of drug-likeness (QED) is 0.771. The number of piperidine rings is 1. The Morgan fingerprint density at radius 1 is 1.27 bits per heavy atom. The number of nitrogens with zero attached hydrogens (tertiary/aromatic N) is 5. The van der Waals surface area contributed by atoms with E-state index >= 15 is 0 Å². The minimum absolute atomic E-state index is 0.0896. The minimum atomic E-state index is -0.713. The zero-order valence-corrected chi connectivity index (χ0v) is 12.4. The lowest BCUT2D eigenvalue weighted by molar-refractivity contribution is -0.135. The summed E-state index contributed by atoms with van der Waals surface area (Å²) in [6.07, 6.45) is 4.73. The topological polar surface area (TPSA) is 89.7 Å². The standard InChI is InChI=1S/C14H17N5O3/c1-10-5-6-15-14-16-12(17-19(10)14)13(21)22-9-11(20)18-7-3-2-4-8-18/h5-6H,2-4,7-9H2,1H3. The van der Waals surface area contributed by atoms with Gasteiger partial charge in [0.2, 0.25) is 0 Å². The summed E-state index contributed by atoms with van der Waals surface area (Å²) in [6.45, 7) is 3.01. The van der Waals surface area contributed by atoms with Crippen molar-refractivity contribution >= 4 is 17.7 Å². The highest BCUT2D eigenvalue weighted by Gasteiger charge is 2.21. The van der Waals surface area contributed by atoms with Crippen LogP contribution in [0.15, 0.2) is 12.3 Å². The van der Waals surface area contributed by atoms with Crippen LogP contribution in [0.5, 0.6) is 0 Å². The Balaban J connectivity index is 1.63. The number of carbonyl (C=O) groups is 2. The SMILES string of the molecule is Cc1ccnc2nc(C(=O)OCC(=O)N3CCCCC3)nn12. The molecule has 8 nitrogen and oxygen atoms in total. The molecule has 116 valence electrons. The number of hydrogen-bond donors (Lipinski definition) is 0. The van der Waals surface area contributed by atoms with Crippen molar-refractivity contribution < 1.29 is 14.3 Å². The number of likely N-dealkylation sites (tertiary alicyclic amines) is 1. The maximum absolute atomic E-state index is 12.0. The minimum Gasteiger partial charge on any atom is -0.450 e. The predicted molar refractivity (Wildman–Crippen MR) is 76.2 cm³/mol. The normalized spacial score (nSPS) is 15.0. The highest BCUT2D eigenvalue weighted by molar-refractivity contribution is 5.88. The Morgan fingerprint density at radius 2 is 2.05 bits per heavy atom. The van der Waals surface area contributed by atoms with Gasteiger partial charge in [0, 0.05) is 25.0 Å². The summed E-state index contributed by atoms with van der Waals surface area (Å²) in [5, 5.41) is 4.05. The van der Waals surface area contributed by atoms with Crippen LogP contribution in [-0.4, -0.2) is 56.1 Å². The summed E-state index contributed by atoms with van der Waals surface area (Å²) in [4.78, 5) is 33.7. The Morgan fingerprint density at radius 3 is 2.77 bits per heavy atom. The van der Waals surface area contributed by atoms with Crippen molar-refractivity contribution in [2.24, 2.45) is 0 Å². The third-order valence-electron chi connectivity index (χ3n) is 3.65. The van der Waals surface area contributed by atoms with Gasteiger partial charge in [-0.25, -0.2) is 14.3 Å². The number of aromatic nitrogens is 4. The summed E-state index contributed by atoms with van der Waals surface area (Å²) in [6, 6.07) is 1.76. The van der Waals surface area contributed by atoms with Gasteiger partial charge in [-0.15, -0.1) is 5.10 Å². The van der Waals surface area contributed by atoms with Crippen LogP contribution in [0.3, 0.4) is 0 Å². The van der Waals surface area contributed by atoms with Crippen LogP contribution in [0.4, 0.5) is 0 Å². The smallest absolute Gasteiger partial charge is 0.378 e. The van der Waals surface area contributed by atoms with E-state index in [-0.39, 0.29) is 18.3 Å². The van der Waals surface area contributed by atoms with E-state index in [4.69, 9.17) is 4.74 Å². The largest absolute Gasteiger partial charge is 0.450 e. The summed E-state index contributed by atoms with van der Waals surface area (Å²) < 4.78 is 6.48. The molecule has 0 bridgehead atoms. The van der Waals surface area contributed by atoms with E-state index < -0.39 is 5.97 Å². The molecule has 1 aliphatic rings. The van der Waals surface area contributed by atoms with Crippen LogP contribution in [0.2, 0.25) is 0 Å². The Bertz CT molecular complexity index is 706. The first-order valence-corrected chi connectivity index (χ1v) is 7.28. The molecule has 1 aliphatic heterocycles. The molecule has 1 saturated heterocycles. The van der Waals surface area contributed by atoms with Gasteiger partial charge in [0.05, 0.1) is 0 Å². The average molecular weight is 303 g/mol. The lowest BCUT2D eigenvalue weighted by atomic mass is 10.1. The van der Waals surface area contributed by atoms with E-state index in [0.717, 1.165) is 38.0 Å². The third kappa shape index (κ3) is 2.90. The zero-order chi connectivity index (χ0) is 15.5. The molecule has 0 radical (unpaired) electrons. The number of ether oxygens (including phenoxy) is 1. The number of fused-ring (bicyclic) bond motifs is 1. The fraction of sp³-hybridized carbons (Fsp3) is 0.500. The number of esters is 1. The number of hydrogen-bond acceptors (Lipinski definition) is 6. The second kappa shape index (κ2) is 6.08. The predicted octanol–water partition coefficient (Wildman–Crippen LogP) is 0.602. The average Bonchev–Trinajstić information content (AvgIpc) is 2.99. The molecular weight excluding hydrogens is 286 g/mol. The highest BCUT2D eigenvalue weighted by Crippen LogP contribution is 2.09. The molecular formula is C14H17N5O3. The van der Waals surface area contributed by atoms with E-state index in [1.807, 2.05) is 6.92 Å². The van der Waals surface area contributed by atoms with E-state index in [2.05, 4.69) is 15.1 Å². The molecule has 1 fully saturated rings. The third-order valence-corrected chi connectivity index (χ3v) is 3.65. The van der Waals surface area contributed by atoms with Crippen LogP contribution in [0, 0.1) is 6.92 Å². The lowest BCUT2D eigenvalue weighted by Gasteiger charge is -2.26. The van der Waals surface area contributed by atoms with Gasteiger partial charge in [-0.3, -0.25) is 4.79 Å². The molecule has 0 aliphatic carbocycles. The van der Waals surface area contributed by atoms with Gasteiger partial charge >= 0.3 is 5.97 Å². The second-order valence-electron chi connectivity index (χ2n) is 5.25. The molecule has 0 aromatic carbocycles. The zero-order valence-electron chi connectivity index (χ0n) is 12.4. The number of amides is 1. The Labute approximate surface area is 127 Å². The van der Waals surface area contributed by atoms with Gasteiger partial charge in [0.15, 0.2) is 6.61 Å². The fourth-order valence-electron chi connectivity index (χ4n) is 2.42. The van der Waals surface area contributed by atoms with E-state index in [1.165, 1.54) is 4.52 Å². The van der Waals surface area contributed by atoms with Crippen LogP contribution in [-0.2, 0) is 9.53 Å². The first kappa shape index (κ1) is 14.4. The number of carbonyl (C=O) groups excluding carboxylic acids is 2. The maximum atomic E-state index is 12.0. The molecule has 0 unspecified atom stereocenters. The molecule has 3 heterocycles. The molecule has 0 saturated carbocycles. The summed E-state index contributed by atoms with van der Waals surface area (Å²) >= 11 is 0. The van der Waals surface area contributed by atoms with Gasteiger partial charge in [-0.2, -0.15) is 4.98 Å². The van der Waals surface area contributed by atoms with Gasteiger partial charge in [-0.1, -0.05) is 0 Å². The first-order valence-electron chi connectivity index (χ1n) is 7.28. The monoisotopic (exact) mass is 303 g/mol. The first-order chi connectivity index (χ1) is 10.6. The van der Waals surface area contributed by atoms with Crippen molar-refractivity contribution in [2.75, 3.05) is 19.7 Å². The molecule has 8 heteroatoms. The van der Waals surface area contributed by atoms with Gasteiger partial charge in [0.25, 0.3) is 17.5 Å². The van der Waals surface area contributed by atoms with Gasteiger partial charge < -0.3 is 9.64 Å². The Hall–Kier alpha value is -2.51. The number of rotatable bonds is 3. The summed E-state index contributed by atoms with van der Waals surface area (Å²) in [5.74, 6) is -0.649. The highest BCUT2D eigenvalue weighted by atomic mass is 16.5. The summed E-state index contributed by atoms with van der Waals surface area (Å²) in [5.41, 5.74) is 0.806. The maximum Gasteiger partial charge on any atom is 0.378 e. The molecule has 2 aromatic heterocycles. The second-order valence-corrected chi connectivity index (χ2v) is 5.25. The van der Waals surface area contributed by atoms with Crippen molar-refractivity contribution in [3.63, 3.8) is 0 Å². The molecule has 3 rings (SSSR count). The summed E-state index contributed by atoms with van der Waals surface area (Å²) in [7, 11) is 0. The van der Waals surface area contributed by atoms with E-state index in [0.29, 0.717) is 5.78 Å². The fourth-order valence-corrected chi connectivity index (χ4v) is 2.42. The van der Waals surface area contributed by atoms with Crippen LogP contribution in [0.1, 0.15) is 35.6 Å². The van der Waals surface area contributed by atoms with Crippen molar-refractivity contribution in [1.82, 2.24) is 24.5 Å². The molecule has 0 N–H and O–H groups in total. The van der Waals surface area contributed by atoms with Crippen molar-refractivity contribution in [2.45, 2.75) is 26.2 Å². The van der Waals surface area contributed by atoms with E-state index in [1.54, 1.807) is 17.2 Å². The Kier molecular flexibility index (Phi) is 3.99. The molecule has 2 aromatic rings. The van der Waals surface area contributed by atoms with Crippen molar-refractivity contribution in [3.05, 3.63) is 23.8 Å². The molecule has 1 amide bonds. The molecule has 22 heavy (non-hydrogen) atoms. The van der Waals surface area contributed by atoms with Crippen LogP contribution in [0.25, 0.3) is 5.78 Å². The van der Waals surface area contributed by atoms with Crippen LogP contribution < -0.4 is 0 Å². The van der Waals surface area contributed by atoms with Crippen molar-refractivity contribution in [3.8, 4) is 0 Å². The van der Waals surface area contributed by atoms with E-state index in [9.17, 15) is 9.59 Å². The molecule has 0 spiro atoms. The lowest BCUT2D eigenvalue weighted by Crippen LogP contribution is -2.38. The van der Waals surface area contributed by atoms with Gasteiger partial charge in [-0.05, 0) is 32.3 Å². The number of aryl methyl sites for hydroxylation is 1. The van der Waals surface area contributed by atoms with Crippen molar-refractivity contribution in [1.29, 1.82) is 0 Å². The molecule has 0 atom stereocenters. The van der Waals surface area contributed by atoms with Crippen LogP contribution >= 0.6 is 0 Å². The van der Waals surface area contributed by atoms with Gasteiger partial charge in [0.1, 0.15) is 0 Å².